The van der Waals surface area contributed by atoms with Crippen LogP contribution in [0.1, 0.15) is 37.4 Å². The van der Waals surface area contributed by atoms with Crippen LogP contribution in [0.3, 0.4) is 0 Å². The normalized spacial score (nSPS) is 20.6. The molecule has 2 aromatic carbocycles. The summed E-state index contributed by atoms with van der Waals surface area (Å²) in [4.78, 5) is 42.2. The molecule has 0 radical (unpaired) electrons. The zero-order valence-electron chi connectivity index (χ0n) is 20.3. The number of halogens is 1. The standard InChI is InChI=1S/C26H33FN4O3/c1-26(2,29-22(32)15-17-11-13-19(27)14-12-17)25(34)28-20-16-21(24(33)30(3)4)31(5)23(20)18-9-7-6-8-10-18/h6-14,20-21,23H,15-16H2,1-5H3,(H,28,34)(H,29,32)/t20-,21+,23+/m1/s1. The van der Waals surface area contributed by atoms with Gasteiger partial charge in [-0.1, -0.05) is 42.5 Å². The summed E-state index contributed by atoms with van der Waals surface area (Å²) in [6, 6.07) is 14.6. The molecular formula is C26H33FN4O3. The second-order valence-electron chi connectivity index (χ2n) is 9.56. The topological polar surface area (TPSA) is 81.8 Å². The van der Waals surface area contributed by atoms with Gasteiger partial charge in [0.2, 0.25) is 17.7 Å². The van der Waals surface area contributed by atoms with Gasteiger partial charge in [-0.2, -0.15) is 0 Å². The van der Waals surface area contributed by atoms with Crippen LogP contribution in [0.15, 0.2) is 54.6 Å². The molecule has 0 bridgehead atoms. The van der Waals surface area contributed by atoms with Gasteiger partial charge in [0.25, 0.3) is 0 Å². The van der Waals surface area contributed by atoms with Gasteiger partial charge in [0.15, 0.2) is 0 Å². The maximum atomic E-state index is 13.3. The highest BCUT2D eigenvalue weighted by molar-refractivity contribution is 5.91. The molecule has 7 nitrogen and oxygen atoms in total. The molecule has 34 heavy (non-hydrogen) atoms. The van der Waals surface area contributed by atoms with Gasteiger partial charge in [-0.15, -0.1) is 0 Å². The summed E-state index contributed by atoms with van der Waals surface area (Å²) >= 11 is 0. The lowest BCUT2D eigenvalue weighted by molar-refractivity contribution is -0.133. The highest BCUT2D eigenvalue weighted by Crippen LogP contribution is 2.36. The number of nitrogens with zero attached hydrogens (tertiary/aromatic N) is 2. The summed E-state index contributed by atoms with van der Waals surface area (Å²) in [6.07, 6.45) is 0.494. The first-order valence-corrected chi connectivity index (χ1v) is 11.3. The second-order valence-corrected chi connectivity index (χ2v) is 9.56. The fourth-order valence-electron chi connectivity index (χ4n) is 4.43. The molecule has 1 saturated heterocycles. The molecular weight excluding hydrogens is 435 g/mol. The minimum Gasteiger partial charge on any atom is -0.349 e. The molecule has 3 amide bonds. The third kappa shape index (κ3) is 5.80. The van der Waals surface area contributed by atoms with Crippen molar-refractivity contribution in [3.63, 3.8) is 0 Å². The summed E-state index contributed by atoms with van der Waals surface area (Å²) in [5, 5.41) is 5.86. The predicted molar refractivity (Wildman–Crippen MR) is 128 cm³/mol. The van der Waals surface area contributed by atoms with E-state index in [1.807, 2.05) is 42.3 Å². The van der Waals surface area contributed by atoms with E-state index in [0.717, 1.165) is 5.56 Å². The van der Waals surface area contributed by atoms with E-state index in [2.05, 4.69) is 10.6 Å². The maximum Gasteiger partial charge on any atom is 0.245 e. The number of amides is 3. The third-order valence-electron chi connectivity index (χ3n) is 6.27. The monoisotopic (exact) mass is 468 g/mol. The van der Waals surface area contributed by atoms with Crippen molar-refractivity contribution in [2.45, 2.75) is 50.4 Å². The number of carbonyl (C=O) groups is 3. The molecule has 0 unspecified atom stereocenters. The average Bonchev–Trinajstić information content (AvgIpc) is 3.10. The summed E-state index contributed by atoms with van der Waals surface area (Å²) in [6.45, 7) is 3.28. The van der Waals surface area contributed by atoms with Crippen molar-refractivity contribution in [3.05, 3.63) is 71.5 Å². The smallest absolute Gasteiger partial charge is 0.245 e. The predicted octanol–water partition coefficient (Wildman–Crippen LogP) is 2.28. The number of likely N-dealkylation sites (N-methyl/N-ethyl adjacent to an activating group) is 2. The highest BCUT2D eigenvalue weighted by Gasteiger charge is 2.45. The van der Waals surface area contributed by atoms with Crippen LogP contribution in [0.5, 0.6) is 0 Å². The molecule has 0 spiro atoms. The van der Waals surface area contributed by atoms with E-state index in [0.29, 0.717) is 12.0 Å². The molecule has 0 aliphatic carbocycles. The lowest BCUT2D eigenvalue weighted by Gasteiger charge is -2.31. The lowest BCUT2D eigenvalue weighted by atomic mass is 9.97. The van der Waals surface area contributed by atoms with Crippen molar-refractivity contribution in [3.8, 4) is 0 Å². The van der Waals surface area contributed by atoms with E-state index in [1.165, 1.54) is 12.1 Å². The van der Waals surface area contributed by atoms with E-state index in [1.54, 1.807) is 45.0 Å². The van der Waals surface area contributed by atoms with Crippen LogP contribution in [0.4, 0.5) is 4.39 Å². The van der Waals surface area contributed by atoms with Crippen molar-refractivity contribution in [2.24, 2.45) is 0 Å². The van der Waals surface area contributed by atoms with E-state index < -0.39 is 5.54 Å². The van der Waals surface area contributed by atoms with Crippen molar-refractivity contribution < 1.29 is 18.8 Å². The maximum absolute atomic E-state index is 13.3. The van der Waals surface area contributed by atoms with Crippen LogP contribution in [-0.4, -0.2) is 66.3 Å². The Kier molecular flexibility index (Phi) is 7.71. The Bertz CT molecular complexity index is 1020. The van der Waals surface area contributed by atoms with Crippen LogP contribution < -0.4 is 10.6 Å². The Hall–Kier alpha value is -3.26. The number of benzene rings is 2. The number of rotatable bonds is 7. The summed E-state index contributed by atoms with van der Waals surface area (Å²) < 4.78 is 13.1. The Morgan fingerprint density at radius 1 is 1.06 bits per heavy atom. The van der Waals surface area contributed by atoms with E-state index in [9.17, 15) is 18.8 Å². The second kappa shape index (κ2) is 10.3. The van der Waals surface area contributed by atoms with Crippen molar-refractivity contribution in [2.75, 3.05) is 21.1 Å². The largest absolute Gasteiger partial charge is 0.349 e. The quantitative estimate of drug-likeness (QED) is 0.653. The molecule has 1 aliphatic rings. The minimum absolute atomic E-state index is 0.0213. The fraction of sp³-hybridized carbons (Fsp3) is 0.423. The first kappa shape index (κ1) is 25.4. The number of carbonyl (C=O) groups excluding carboxylic acids is 3. The first-order chi connectivity index (χ1) is 16.0. The van der Waals surface area contributed by atoms with Crippen LogP contribution >= 0.6 is 0 Å². The van der Waals surface area contributed by atoms with Crippen LogP contribution in [0, 0.1) is 5.82 Å². The summed E-state index contributed by atoms with van der Waals surface area (Å²) in [5.74, 6) is -1.07. The molecule has 0 saturated carbocycles. The number of hydrogen-bond donors (Lipinski definition) is 2. The van der Waals surface area contributed by atoms with Crippen LogP contribution in [0.2, 0.25) is 0 Å². The zero-order chi connectivity index (χ0) is 25.0. The Labute approximate surface area is 200 Å². The van der Waals surface area contributed by atoms with Crippen molar-refractivity contribution in [1.29, 1.82) is 0 Å². The minimum atomic E-state index is -1.18. The van der Waals surface area contributed by atoms with Gasteiger partial charge in [-0.05, 0) is 50.6 Å². The van der Waals surface area contributed by atoms with E-state index >= 15 is 0 Å². The molecule has 3 atom stereocenters. The molecule has 1 heterocycles. The first-order valence-electron chi connectivity index (χ1n) is 11.3. The highest BCUT2D eigenvalue weighted by atomic mass is 19.1. The molecule has 182 valence electrons. The van der Waals surface area contributed by atoms with Gasteiger partial charge in [-0.3, -0.25) is 19.3 Å². The van der Waals surface area contributed by atoms with Crippen molar-refractivity contribution in [1.82, 2.24) is 20.4 Å². The molecule has 8 heteroatoms. The van der Waals surface area contributed by atoms with E-state index in [4.69, 9.17) is 0 Å². The van der Waals surface area contributed by atoms with Gasteiger partial charge in [0, 0.05) is 14.1 Å². The molecule has 2 aromatic rings. The Balaban J connectivity index is 1.73. The van der Waals surface area contributed by atoms with Gasteiger partial charge >= 0.3 is 0 Å². The van der Waals surface area contributed by atoms with Gasteiger partial charge in [0.1, 0.15) is 11.4 Å². The third-order valence-corrected chi connectivity index (χ3v) is 6.27. The lowest BCUT2D eigenvalue weighted by Crippen LogP contribution is -2.57. The molecule has 2 N–H and O–H groups in total. The van der Waals surface area contributed by atoms with Gasteiger partial charge < -0.3 is 15.5 Å². The molecule has 3 rings (SSSR count). The zero-order valence-corrected chi connectivity index (χ0v) is 20.3. The van der Waals surface area contributed by atoms with Crippen LogP contribution in [-0.2, 0) is 20.8 Å². The van der Waals surface area contributed by atoms with Gasteiger partial charge in [0.05, 0.1) is 24.5 Å². The average molecular weight is 469 g/mol. The van der Waals surface area contributed by atoms with Gasteiger partial charge in [-0.25, -0.2) is 4.39 Å². The SMILES string of the molecule is CN(C)C(=O)[C@@H]1C[C@@H](NC(=O)C(C)(C)NC(=O)Cc2ccc(F)cc2)[C@H](c2ccccc2)N1C. The Morgan fingerprint density at radius 3 is 2.26 bits per heavy atom. The Morgan fingerprint density at radius 2 is 1.68 bits per heavy atom. The van der Waals surface area contributed by atoms with Crippen LogP contribution in [0.25, 0.3) is 0 Å². The summed E-state index contributed by atoms with van der Waals surface area (Å²) in [7, 11) is 5.34. The number of nitrogens with one attached hydrogen (secondary N) is 2. The summed E-state index contributed by atoms with van der Waals surface area (Å²) in [5.41, 5.74) is 0.477. The molecule has 1 aliphatic heterocycles. The van der Waals surface area contributed by atoms with Crippen molar-refractivity contribution >= 4 is 17.7 Å². The fourth-order valence-corrected chi connectivity index (χ4v) is 4.43. The molecule has 0 aromatic heterocycles. The number of likely N-dealkylation sites (tertiary alicyclic amines) is 1. The van der Waals surface area contributed by atoms with E-state index in [-0.39, 0.29) is 48.1 Å². The molecule has 1 fully saturated rings. The number of hydrogen-bond acceptors (Lipinski definition) is 4.